The van der Waals surface area contributed by atoms with Crippen molar-refractivity contribution >= 4 is 39.6 Å². The van der Waals surface area contributed by atoms with Gasteiger partial charge in [0, 0.05) is 47.9 Å². The fraction of sp³-hybridized carbons (Fsp3) is 0.200. The minimum absolute atomic E-state index is 0.0758. The lowest BCUT2D eigenvalue weighted by Gasteiger charge is -2.32. The van der Waals surface area contributed by atoms with Crippen LogP contribution in [0.25, 0.3) is 44.6 Å². The molecular weight excluding hydrogens is 650 g/mol. The molecule has 7 rings (SSSR count). The number of alkyl halides is 3. The maximum Gasteiger partial charge on any atom is 0.490 e. The van der Waals surface area contributed by atoms with Crippen molar-refractivity contribution in [3.63, 3.8) is 0 Å². The van der Waals surface area contributed by atoms with Crippen molar-refractivity contribution in [3.05, 3.63) is 118 Å². The third-order valence-corrected chi connectivity index (χ3v) is 8.39. The second kappa shape index (κ2) is 13.6. The van der Waals surface area contributed by atoms with Gasteiger partial charge in [-0.2, -0.15) is 13.2 Å². The van der Waals surface area contributed by atoms with Gasteiger partial charge in [-0.25, -0.2) is 23.9 Å². The molecule has 4 aromatic carbocycles. The average Bonchev–Trinajstić information content (AvgIpc) is 3.39. The topological polar surface area (TPSA) is 104 Å². The van der Waals surface area contributed by atoms with Gasteiger partial charge >= 0.3 is 17.8 Å². The number of benzene rings is 4. The summed E-state index contributed by atoms with van der Waals surface area (Å²) in [4.78, 5) is 36.7. The first kappa shape index (κ1) is 32.9. The Hall–Kier alpha value is -5.07. The minimum Gasteiger partial charge on any atom is -0.475 e. The van der Waals surface area contributed by atoms with Crippen molar-refractivity contribution in [2.45, 2.75) is 31.6 Å². The molecule has 0 atom stereocenters. The molecule has 8 nitrogen and oxygen atoms in total. The summed E-state index contributed by atoms with van der Waals surface area (Å²) >= 11 is 6.11. The first-order valence-electron chi connectivity index (χ1n) is 15.0. The van der Waals surface area contributed by atoms with Crippen LogP contribution in [-0.4, -0.2) is 54.8 Å². The zero-order valence-electron chi connectivity index (χ0n) is 25.2. The van der Waals surface area contributed by atoms with Crippen molar-refractivity contribution in [2.24, 2.45) is 0 Å². The number of fused-ring (bicyclic) bond motifs is 2. The van der Waals surface area contributed by atoms with Crippen LogP contribution < -0.4 is 5.69 Å². The number of nitrogens with one attached hydrogen (secondary N) is 1. The fourth-order valence-corrected chi connectivity index (χ4v) is 6.03. The van der Waals surface area contributed by atoms with Crippen LogP contribution in [0.5, 0.6) is 0 Å². The van der Waals surface area contributed by atoms with E-state index in [9.17, 15) is 22.4 Å². The predicted octanol–water partition coefficient (Wildman–Crippen LogP) is 7.87. The number of likely N-dealkylation sites (tertiary alicyclic amines) is 1. The summed E-state index contributed by atoms with van der Waals surface area (Å²) in [5, 5.41) is 7.74. The van der Waals surface area contributed by atoms with E-state index < -0.39 is 12.1 Å². The standard InChI is InChI=1S/C33H27ClFN5O.C2HF3O2/c34-24-10-13-30-29(18-24)38-33(41)40(30)26-14-16-39(17-15-26)20-21-6-8-23(9-7-21)32-31(22-4-2-1-3-5-22)37-28-19-25(35)11-12-27(28)36-32;3-2(4,5)1(6)7/h1-13,18-19,26H,14-17,20H2,(H,38,41);(H,6,7). The molecular formula is C35H28ClF4N5O3. The largest absolute Gasteiger partial charge is 0.490 e. The Morgan fingerprint density at radius 3 is 2.15 bits per heavy atom. The van der Waals surface area contributed by atoms with Crippen LogP contribution in [0.15, 0.2) is 95.8 Å². The monoisotopic (exact) mass is 677 g/mol. The number of hydrogen-bond acceptors (Lipinski definition) is 5. The molecule has 0 aliphatic carbocycles. The highest BCUT2D eigenvalue weighted by atomic mass is 35.5. The number of imidazole rings is 1. The summed E-state index contributed by atoms with van der Waals surface area (Å²) in [6.07, 6.45) is -3.28. The molecule has 1 aliphatic rings. The van der Waals surface area contributed by atoms with Crippen LogP contribution in [-0.2, 0) is 11.3 Å². The van der Waals surface area contributed by atoms with Crippen molar-refractivity contribution in [2.75, 3.05) is 13.1 Å². The molecule has 0 saturated carbocycles. The van der Waals surface area contributed by atoms with Crippen molar-refractivity contribution in [1.29, 1.82) is 0 Å². The molecule has 0 unspecified atom stereocenters. The van der Waals surface area contributed by atoms with Gasteiger partial charge < -0.3 is 10.1 Å². The zero-order chi connectivity index (χ0) is 34.0. The van der Waals surface area contributed by atoms with Crippen molar-refractivity contribution < 1.29 is 27.5 Å². The number of aromatic amines is 1. The number of piperidine rings is 1. The molecule has 2 N–H and O–H groups in total. The number of hydrogen-bond donors (Lipinski definition) is 2. The van der Waals surface area contributed by atoms with E-state index in [-0.39, 0.29) is 17.5 Å². The normalized spacial score (nSPS) is 14.2. The quantitative estimate of drug-likeness (QED) is 0.180. The summed E-state index contributed by atoms with van der Waals surface area (Å²) in [6, 6.07) is 28.6. The van der Waals surface area contributed by atoms with E-state index in [4.69, 9.17) is 31.5 Å². The molecule has 0 amide bonds. The molecule has 1 aliphatic heterocycles. The number of carbonyl (C=O) groups is 1. The SMILES string of the molecule is O=C(O)C(F)(F)F.O=c1[nH]c2cc(Cl)ccc2n1C1CCN(Cc2ccc(-c3nc4ccc(F)cc4nc3-c3ccccc3)cc2)CC1. The van der Waals surface area contributed by atoms with Crippen molar-refractivity contribution in [1.82, 2.24) is 24.4 Å². The van der Waals surface area contributed by atoms with Gasteiger partial charge in [0.2, 0.25) is 0 Å². The Balaban J connectivity index is 0.000000519. The summed E-state index contributed by atoms with van der Waals surface area (Å²) < 4.78 is 47.6. The number of nitrogens with zero attached hydrogens (tertiary/aromatic N) is 4. The minimum atomic E-state index is -5.08. The highest BCUT2D eigenvalue weighted by Crippen LogP contribution is 2.32. The molecule has 48 heavy (non-hydrogen) atoms. The number of halogens is 5. The molecule has 6 aromatic rings. The van der Waals surface area contributed by atoms with E-state index in [1.165, 1.54) is 17.7 Å². The second-order valence-electron chi connectivity index (χ2n) is 11.4. The van der Waals surface area contributed by atoms with Crippen molar-refractivity contribution in [3.8, 4) is 22.5 Å². The van der Waals surface area contributed by atoms with Gasteiger partial charge in [-0.15, -0.1) is 0 Å². The number of rotatable bonds is 5. The van der Waals surface area contributed by atoms with Gasteiger partial charge in [-0.1, -0.05) is 66.2 Å². The summed E-state index contributed by atoms with van der Waals surface area (Å²) in [5.74, 6) is -3.09. The first-order chi connectivity index (χ1) is 23.0. The molecule has 13 heteroatoms. The Morgan fingerprint density at radius 1 is 0.875 bits per heavy atom. The Morgan fingerprint density at radius 2 is 1.50 bits per heavy atom. The van der Waals surface area contributed by atoms with Gasteiger partial charge in [0.1, 0.15) is 5.82 Å². The number of aromatic nitrogens is 4. The van der Waals surface area contributed by atoms with Gasteiger partial charge in [0.05, 0.1) is 33.5 Å². The highest BCUT2D eigenvalue weighted by Gasteiger charge is 2.38. The third-order valence-electron chi connectivity index (χ3n) is 8.15. The summed E-state index contributed by atoms with van der Waals surface area (Å²) in [5.41, 5.74) is 7.41. The molecule has 246 valence electrons. The zero-order valence-corrected chi connectivity index (χ0v) is 26.0. The predicted molar refractivity (Wildman–Crippen MR) is 175 cm³/mol. The van der Waals surface area contributed by atoms with Crippen LogP contribution in [0.3, 0.4) is 0 Å². The maximum absolute atomic E-state index is 13.9. The molecule has 0 spiro atoms. The maximum atomic E-state index is 13.9. The molecule has 1 fully saturated rings. The lowest BCUT2D eigenvalue weighted by molar-refractivity contribution is -0.192. The lowest BCUT2D eigenvalue weighted by atomic mass is 10.0. The molecule has 1 saturated heterocycles. The molecule has 0 bridgehead atoms. The van der Waals surface area contributed by atoms with Crippen LogP contribution in [0.2, 0.25) is 5.02 Å². The summed E-state index contributed by atoms with van der Waals surface area (Å²) in [6.45, 7) is 2.65. The first-order valence-corrected chi connectivity index (χ1v) is 15.4. The van der Waals surface area contributed by atoms with E-state index in [1.54, 1.807) is 12.1 Å². The van der Waals surface area contributed by atoms with Gasteiger partial charge in [-0.05, 0) is 48.7 Å². The van der Waals surface area contributed by atoms with Gasteiger partial charge in [0.15, 0.2) is 0 Å². The smallest absolute Gasteiger partial charge is 0.475 e. The Kier molecular flexibility index (Phi) is 9.29. The van der Waals surface area contributed by atoms with Crippen LogP contribution in [0, 0.1) is 5.82 Å². The Bertz CT molecular complexity index is 2140. The third kappa shape index (κ3) is 7.24. The van der Waals surface area contributed by atoms with Gasteiger partial charge in [-0.3, -0.25) is 9.47 Å². The number of carboxylic acid groups (broad SMARTS) is 1. The van der Waals surface area contributed by atoms with E-state index in [0.29, 0.717) is 16.1 Å². The molecule has 2 aromatic heterocycles. The van der Waals surface area contributed by atoms with Crippen LogP contribution >= 0.6 is 11.6 Å². The van der Waals surface area contributed by atoms with E-state index in [0.717, 1.165) is 66.0 Å². The molecule has 3 heterocycles. The van der Waals surface area contributed by atoms with E-state index >= 15 is 0 Å². The van der Waals surface area contributed by atoms with Crippen LogP contribution in [0.4, 0.5) is 17.6 Å². The Labute approximate surface area is 276 Å². The average molecular weight is 678 g/mol. The number of aliphatic carboxylic acids is 1. The highest BCUT2D eigenvalue weighted by molar-refractivity contribution is 6.31. The van der Waals surface area contributed by atoms with Crippen LogP contribution in [0.1, 0.15) is 24.4 Å². The number of carboxylic acids is 1. The molecule has 0 radical (unpaired) electrons. The lowest BCUT2D eigenvalue weighted by Crippen LogP contribution is -2.36. The van der Waals surface area contributed by atoms with E-state index in [2.05, 4.69) is 34.1 Å². The number of H-pyrrole nitrogens is 1. The fourth-order valence-electron chi connectivity index (χ4n) is 5.85. The van der Waals surface area contributed by atoms with E-state index in [1.807, 2.05) is 47.0 Å². The second-order valence-corrected chi connectivity index (χ2v) is 11.8. The summed E-state index contributed by atoms with van der Waals surface area (Å²) in [7, 11) is 0. The van der Waals surface area contributed by atoms with Gasteiger partial charge in [0.25, 0.3) is 0 Å².